The maximum Gasteiger partial charge on any atom is 0.488 e. The first-order chi connectivity index (χ1) is 9.06. The van der Waals surface area contributed by atoms with Gasteiger partial charge in [-0.2, -0.15) is 0 Å². The Balaban J connectivity index is 2.16. The van der Waals surface area contributed by atoms with Gasteiger partial charge in [0.1, 0.15) is 11.5 Å². The van der Waals surface area contributed by atoms with Gasteiger partial charge in [-0.1, -0.05) is 12.1 Å². The van der Waals surface area contributed by atoms with E-state index in [9.17, 15) is 10.1 Å². The SMILES string of the molecule is O=[N+]([O-])c1ccc(Oc2cccc(B(O)O)c2)cc1. The molecule has 0 aliphatic carbocycles. The molecule has 0 saturated heterocycles. The molecule has 19 heavy (non-hydrogen) atoms. The summed E-state index contributed by atoms with van der Waals surface area (Å²) in [6.07, 6.45) is 0. The minimum atomic E-state index is -1.57. The van der Waals surface area contributed by atoms with Crippen LogP contribution in [0.1, 0.15) is 0 Å². The molecule has 2 rings (SSSR count). The minimum Gasteiger partial charge on any atom is -0.457 e. The summed E-state index contributed by atoms with van der Waals surface area (Å²) in [6, 6.07) is 11.9. The molecule has 2 aromatic carbocycles. The predicted octanol–water partition coefficient (Wildman–Crippen LogP) is 1.07. The molecule has 6 nitrogen and oxygen atoms in total. The van der Waals surface area contributed by atoms with Gasteiger partial charge in [-0.15, -0.1) is 0 Å². The lowest BCUT2D eigenvalue weighted by molar-refractivity contribution is -0.384. The van der Waals surface area contributed by atoms with Crippen molar-refractivity contribution in [1.29, 1.82) is 0 Å². The van der Waals surface area contributed by atoms with Crippen LogP contribution in [0.5, 0.6) is 11.5 Å². The van der Waals surface area contributed by atoms with Crippen LogP contribution in [0.25, 0.3) is 0 Å². The molecule has 0 bridgehead atoms. The second-order valence-electron chi connectivity index (χ2n) is 3.80. The molecule has 0 amide bonds. The van der Waals surface area contributed by atoms with E-state index in [2.05, 4.69) is 0 Å². The predicted molar refractivity (Wildman–Crippen MR) is 69.4 cm³/mol. The van der Waals surface area contributed by atoms with E-state index >= 15 is 0 Å². The van der Waals surface area contributed by atoms with Crippen molar-refractivity contribution in [3.63, 3.8) is 0 Å². The van der Waals surface area contributed by atoms with Crippen molar-refractivity contribution in [3.05, 3.63) is 58.6 Å². The van der Waals surface area contributed by atoms with Crippen molar-refractivity contribution in [2.45, 2.75) is 0 Å². The molecule has 2 aromatic rings. The van der Waals surface area contributed by atoms with Crippen molar-refractivity contribution >= 4 is 18.3 Å². The summed E-state index contributed by atoms with van der Waals surface area (Å²) < 4.78 is 5.46. The molecular weight excluding hydrogens is 249 g/mol. The Kier molecular flexibility index (Phi) is 3.79. The van der Waals surface area contributed by atoms with Crippen LogP contribution in [-0.2, 0) is 0 Å². The van der Waals surface area contributed by atoms with Crippen molar-refractivity contribution in [1.82, 2.24) is 0 Å². The number of nitro benzene ring substituents is 1. The topological polar surface area (TPSA) is 92.8 Å². The van der Waals surface area contributed by atoms with E-state index in [1.165, 1.54) is 30.3 Å². The lowest BCUT2D eigenvalue weighted by Crippen LogP contribution is -2.29. The van der Waals surface area contributed by atoms with Crippen LogP contribution < -0.4 is 10.2 Å². The average Bonchev–Trinajstić information content (AvgIpc) is 2.39. The van der Waals surface area contributed by atoms with Gasteiger partial charge in [-0.05, 0) is 29.7 Å². The Morgan fingerprint density at radius 1 is 1.05 bits per heavy atom. The number of nitrogens with zero attached hydrogens (tertiary/aromatic N) is 1. The molecule has 0 spiro atoms. The first-order valence-corrected chi connectivity index (χ1v) is 5.44. The highest BCUT2D eigenvalue weighted by atomic mass is 16.6. The van der Waals surface area contributed by atoms with E-state index in [4.69, 9.17) is 14.8 Å². The summed E-state index contributed by atoms with van der Waals surface area (Å²) in [5.74, 6) is 0.842. The average molecular weight is 259 g/mol. The van der Waals surface area contributed by atoms with Gasteiger partial charge in [-0.3, -0.25) is 10.1 Å². The molecule has 0 aliphatic heterocycles. The standard InChI is InChI=1S/C12H10BNO5/c15-13(16)9-2-1-3-12(8-9)19-11-6-4-10(5-7-11)14(17)18/h1-8,15-16H. The van der Waals surface area contributed by atoms with Gasteiger partial charge in [0.25, 0.3) is 5.69 Å². The van der Waals surface area contributed by atoms with Gasteiger partial charge in [0.05, 0.1) is 4.92 Å². The molecule has 0 radical (unpaired) electrons. The summed E-state index contributed by atoms with van der Waals surface area (Å²) in [6.45, 7) is 0. The Morgan fingerprint density at radius 3 is 2.32 bits per heavy atom. The molecule has 2 N–H and O–H groups in total. The van der Waals surface area contributed by atoms with Gasteiger partial charge in [0, 0.05) is 12.1 Å². The molecule has 96 valence electrons. The van der Waals surface area contributed by atoms with Crippen LogP contribution in [0.2, 0.25) is 0 Å². The molecule has 0 saturated carbocycles. The maximum absolute atomic E-state index is 10.5. The molecule has 0 unspecified atom stereocenters. The van der Waals surface area contributed by atoms with Crippen LogP contribution in [0.15, 0.2) is 48.5 Å². The normalized spacial score (nSPS) is 10.0. The Bertz CT molecular complexity index is 585. The minimum absolute atomic E-state index is 0.0214. The number of benzene rings is 2. The molecule has 0 aromatic heterocycles. The maximum atomic E-state index is 10.5. The number of hydrogen-bond acceptors (Lipinski definition) is 5. The van der Waals surface area contributed by atoms with Crippen molar-refractivity contribution < 1.29 is 19.7 Å². The Labute approximate surface area is 109 Å². The zero-order chi connectivity index (χ0) is 13.8. The van der Waals surface area contributed by atoms with Gasteiger partial charge in [0.2, 0.25) is 0 Å². The summed E-state index contributed by atoms with van der Waals surface area (Å²) in [5.41, 5.74) is 0.284. The second-order valence-corrected chi connectivity index (χ2v) is 3.80. The zero-order valence-electron chi connectivity index (χ0n) is 9.76. The second kappa shape index (κ2) is 5.51. The fourth-order valence-electron chi connectivity index (χ4n) is 1.51. The molecular formula is C12H10BNO5. The highest BCUT2D eigenvalue weighted by Gasteiger charge is 2.11. The van der Waals surface area contributed by atoms with Crippen LogP contribution in [-0.4, -0.2) is 22.1 Å². The van der Waals surface area contributed by atoms with E-state index in [0.717, 1.165) is 0 Å². The third-order valence-electron chi connectivity index (χ3n) is 2.44. The van der Waals surface area contributed by atoms with Gasteiger partial charge in [0.15, 0.2) is 0 Å². The largest absolute Gasteiger partial charge is 0.488 e. The number of non-ortho nitro benzene ring substituents is 1. The lowest BCUT2D eigenvalue weighted by atomic mass is 9.80. The Hall–Kier alpha value is -2.38. The first kappa shape index (κ1) is 13.1. The molecule has 0 aliphatic rings. The number of ether oxygens (including phenoxy) is 1. The molecule has 0 atom stereocenters. The van der Waals surface area contributed by atoms with Crippen molar-refractivity contribution in [3.8, 4) is 11.5 Å². The van der Waals surface area contributed by atoms with Gasteiger partial charge >= 0.3 is 7.12 Å². The Morgan fingerprint density at radius 2 is 1.74 bits per heavy atom. The van der Waals surface area contributed by atoms with E-state index in [-0.39, 0.29) is 5.69 Å². The fourth-order valence-corrected chi connectivity index (χ4v) is 1.51. The number of rotatable bonds is 4. The van der Waals surface area contributed by atoms with Gasteiger partial charge < -0.3 is 14.8 Å². The first-order valence-electron chi connectivity index (χ1n) is 5.44. The molecule has 0 heterocycles. The van der Waals surface area contributed by atoms with Crippen molar-refractivity contribution in [2.75, 3.05) is 0 Å². The van der Waals surface area contributed by atoms with E-state index in [1.54, 1.807) is 18.2 Å². The zero-order valence-corrected chi connectivity index (χ0v) is 9.76. The van der Waals surface area contributed by atoms with Crippen LogP contribution in [0, 0.1) is 10.1 Å². The molecule has 0 fully saturated rings. The van der Waals surface area contributed by atoms with E-state index in [1.807, 2.05) is 0 Å². The monoisotopic (exact) mass is 259 g/mol. The van der Waals surface area contributed by atoms with Crippen LogP contribution >= 0.6 is 0 Å². The number of hydrogen-bond donors (Lipinski definition) is 2. The summed E-state index contributed by atoms with van der Waals surface area (Å²) >= 11 is 0. The van der Waals surface area contributed by atoms with Gasteiger partial charge in [-0.25, -0.2) is 0 Å². The van der Waals surface area contributed by atoms with Crippen LogP contribution in [0.3, 0.4) is 0 Å². The third kappa shape index (κ3) is 3.31. The smallest absolute Gasteiger partial charge is 0.457 e. The summed E-state index contributed by atoms with van der Waals surface area (Å²) in [4.78, 5) is 10.0. The quantitative estimate of drug-likeness (QED) is 0.486. The summed E-state index contributed by atoms with van der Waals surface area (Å²) in [5, 5.41) is 28.6. The number of nitro groups is 1. The summed E-state index contributed by atoms with van der Waals surface area (Å²) in [7, 11) is -1.57. The highest BCUT2D eigenvalue weighted by molar-refractivity contribution is 6.58. The van der Waals surface area contributed by atoms with E-state index < -0.39 is 12.0 Å². The van der Waals surface area contributed by atoms with E-state index in [0.29, 0.717) is 17.0 Å². The highest BCUT2D eigenvalue weighted by Crippen LogP contribution is 2.22. The molecule has 7 heteroatoms. The lowest BCUT2D eigenvalue weighted by Gasteiger charge is -2.07. The third-order valence-corrected chi connectivity index (χ3v) is 2.44. The fraction of sp³-hybridized carbons (Fsp3) is 0. The van der Waals surface area contributed by atoms with Crippen LogP contribution in [0.4, 0.5) is 5.69 Å². The van der Waals surface area contributed by atoms with Crippen molar-refractivity contribution in [2.24, 2.45) is 0 Å².